The molecule has 0 saturated carbocycles. The van der Waals surface area contributed by atoms with Crippen molar-refractivity contribution in [3.63, 3.8) is 0 Å². The fraction of sp³-hybridized carbons (Fsp3) is 0.125. The van der Waals surface area contributed by atoms with Gasteiger partial charge in [0, 0.05) is 12.1 Å². The van der Waals surface area contributed by atoms with Crippen molar-refractivity contribution < 1.29 is 23.5 Å². The molecule has 2 aromatic rings. The van der Waals surface area contributed by atoms with Gasteiger partial charge in [-0.2, -0.15) is 0 Å². The predicted octanol–water partition coefficient (Wildman–Crippen LogP) is 3.43. The molecule has 0 radical (unpaired) electrons. The van der Waals surface area contributed by atoms with E-state index < -0.39 is 11.3 Å². The molecule has 112 valence electrons. The minimum absolute atomic E-state index is 0.152. The topological polar surface area (TPSA) is 65.7 Å². The van der Waals surface area contributed by atoms with Gasteiger partial charge in [-0.25, -0.2) is 0 Å². The number of carbonyl (C=O) groups excluding carboxylic acids is 2. The van der Waals surface area contributed by atoms with Gasteiger partial charge in [-0.1, -0.05) is 0 Å². The Morgan fingerprint density at radius 3 is 2.86 bits per heavy atom. The number of hydrogen-bond acceptors (Lipinski definition) is 5. The summed E-state index contributed by atoms with van der Waals surface area (Å²) in [5.74, 6) is 0.434. The molecule has 1 aromatic carbocycles. The first-order valence-electron chi connectivity index (χ1n) is 6.52. The highest BCUT2D eigenvalue weighted by Crippen LogP contribution is 2.35. The first kappa shape index (κ1) is 14.4. The molecule has 0 spiro atoms. The maximum Gasteiger partial charge on any atom is 0.329 e. The highest BCUT2D eigenvalue weighted by atomic mass is 35.5. The van der Waals surface area contributed by atoms with Gasteiger partial charge in [0.15, 0.2) is 5.76 Å². The summed E-state index contributed by atoms with van der Waals surface area (Å²) in [5.41, 5.74) is 0.400. The van der Waals surface area contributed by atoms with Crippen LogP contribution in [-0.4, -0.2) is 17.1 Å². The molecule has 1 aliphatic rings. The van der Waals surface area contributed by atoms with Crippen LogP contribution in [0.1, 0.15) is 23.0 Å². The van der Waals surface area contributed by atoms with Gasteiger partial charge < -0.3 is 13.9 Å². The number of furan rings is 1. The van der Waals surface area contributed by atoms with Crippen molar-refractivity contribution >= 4 is 29.4 Å². The summed E-state index contributed by atoms with van der Waals surface area (Å²) in [6.07, 6.45) is 3.01. The lowest BCUT2D eigenvalue weighted by atomic mass is 10.1. The van der Waals surface area contributed by atoms with Crippen LogP contribution in [0.15, 0.2) is 46.8 Å². The lowest BCUT2D eigenvalue weighted by Crippen LogP contribution is -2.17. The molecule has 0 bridgehead atoms. The standard InChI is InChI=1S/C16H11ClO5/c1-9(17)16(19)21-11-4-5-12-13(8-11)22-14(15(12)18)7-10-3-2-6-20-10/h2-9H,1H3/b14-7-. The van der Waals surface area contributed by atoms with E-state index in [9.17, 15) is 9.59 Å². The van der Waals surface area contributed by atoms with E-state index in [1.165, 1.54) is 31.4 Å². The van der Waals surface area contributed by atoms with Crippen LogP contribution in [0, 0.1) is 0 Å². The van der Waals surface area contributed by atoms with Crippen LogP contribution in [-0.2, 0) is 4.79 Å². The number of rotatable bonds is 3. The molecule has 1 unspecified atom stereocenters. The smallest absolute Gasteiger partial charge is 0.329 e. The summed E-state index contributed by atoms with van der Waals surface area (Å²) in [7, 11) is 0. The van der Waals surface area contributed by atoms with E-state index >= 15 is 0 Å². The lowest BCUT2D eigenvalue weighted by Gasteiger charge is -2.06. The average molecular weight is 319 g/mol. The van der Waals surface area contributed by atoms with Crippen LogP contribution in [0.3, 0.4) is 0 Å². The number of ether oxygens (including phenoxy) is 2. The van der Waals surface area contributed by atoms with Gasteiger partial charge in [0.25, 0.3) is 0 Å². The van der Waals surface area contributed by atoms with Crippen LogP contribution in [0.2, 0.25) is 0 Å². The number of benzene rings is 1. The number of Topliss-reactive ketones (excluding diaryl/α,β-unsaturated/α-hetero) is 1. The van der Waals surface area contributed by atoms with Gasteiger partial charge in [-0.05, 0) is 31.2 Å². The highest BCUT2D eigenvalue weighted by Gasteiger charge is 2.28. The number of halogens is 1. The van der Waals surface area contributed by atoms with Crippen molar-refractivity contribution in [1.29, 1.82) is 0 Å². The van der Waals surface area contributed by atoms with Crippen molar-refractivity contribution in [2.45, 2.75) is 12.3 Å². The summed E-state index contributed by atoms with van der Waals surface area (Å²) >= 11 is 5.64. The maximum atomic E-state index is 12.2. The second kappa shape index (κ2) is 5.69. The summed E-state index contributed by atoms with van der Waals surface area (Å²) in [4.78, 5) is 23.7. The second-order valence-corrected chi connectivity index (χ2v) is 5.30. The zero-order valence-electron chi connectivity index (χ0n) is 11.5. The normalized spacial score (nSPS) is 16.3. The van der Waals surface area contributed by atoms with Crippen molar-refractivity contribution in [3.05, 3.63) is 53.7 Å². The van der Waals surface area contributed by atoms with E-state index in [1.54, 1.807) is 18.2 Å². The Morgan fingerprint density at radius 2 is 2.18 bits per heavy atom. The molecule has 6 heteroatoms. The van der Waals surface area contributed by atoms with Crippen molar-refractivity contribution in [2.24, 2.45) is 0 Å². The third-order valence-corrected chi connectivity index (χ3v) is 3.18. The van der Waals surface area contributed by atoms with Crippen LogP contribution in [0.25, 0.3) is 6.08 Å². The molecule has 5 nitrogen and oxygen atoms in total. The van der Waals surface area contributed by atoms with Gasteiger partial charge in [0.05, 0.1) is 11.8 Å². The summed E-state index contributed by atoms with van der Waals surface area (Å²) in [6.45, 7) is 1.52. The Labute approximate surface area is 131 Å². The Hall–Kier alpha value is -2.53. The van der Waals surface area contributed by atoms with Crippen LogP contribution in [0.5, 0.6) is 11.5 Å². The number of allylic oxidation sites excluding steroid dienone is 1. The van der Waals surface area contributed by atoms with E-state index in [2.05, 4.69) is 0 Å². The van der Waals surface area contributed by atoms with Gasteiger partial charge >= 0.3 is 5.97 Å². The number of alkyl halides is 1. The van der Waals surface area contributed by atoms with E-state index in [0.717, 1.165) is 0 Å². The Morgan fingerprint density at radius 1 is 1.36 bits per heavy atom. The number of hydrogen-bond donors (Lipinski definition) is 0. The first-order valence-corrected chi connectivity index (χ1v) is 6.96. The minimum Gasteiger partial charge on any atom is -0.465 e. The lowest BCUT2D eigenvalue weighted by molar-refractivity contribution is -0.133. The zero-order chi connectivity index (χ0) is 15.7. The average Bonchev–Trinajstić information content (AvgIpc) is 3.08. The molecule has 2 heterocycles. The van der Waals surface area contributed by atoms with Crippen LogP contribution >= 0.6 is 11.6 Å². The third kappa shape index (κ3) is 2.76. The molecular formula is C16H11ClO5. The number of esters is 1. The fourth-order valence-corrected chi connectivity index (χ4v) is 1.98. The molecule has 1 aromatic heterocycles. The Balaban J connectivity index is 1.85. The summed E-state index contributed by atoms with van der Waals surface area (Å²) in [5, 5.41) is -0.759. The largest absolute Gasteiger partial charge is 0.465 e. The first-order chi connectivity index (χ1) is 10.5. The molecular weight excluding hydrogens is 308 g/mol. The van der Waals surface area contributed by atoms with Gasteiger partial charge in [0.2, 0.25) is 5.78 Å². The molecule has 0 aliphatic carbocycles. The molecule has 0 N–H and O–H groups in total. The molecule has 0 fully saturated rings. The van der Waals surface area contributed by atoms with Gasteiger partial charge in [-0.3, -0.25) is 9.59 Å². The van der Waals surface area contributed by atoms with Crippen LogP contribution in [0.4, 0.5) is 0 Å². The van der Waals surface area contributed by atoms with Crippen molar-refractivity contribution in [2.75, 3.05) is 0 Å². The monoisotopic (exact) mass is 318 g/mol. The number of fused-ring (bicyclic) bond motifs is 1. The number of carbonyl (C=O) groups is 2. The van der Waals surface area contributed by atoms with Gasteiger partial charge in [0.1, 0.15) is 22.6 Å². The van der Waals surface area contributed by atoms with Crippen molar-refractivity contribution in [1.82, 2.24) is 0 Å². The molecule has 0 amide bonds. The third-order valence-electron chi connectivity index (χ3n) is 3.00. The molecule has 1 atom stereocenters. The van der Waals surface area contributed by atoms with E-state index in [-0.39, 0.29) is 17.3 Å². The van der Waals surface area contributed by atoms with Crippen molar-refractivity contribution in [3.8, 4) is 11.5 Å². The number of ketones is 1. The van der Waals surface area contributed by atoms with Gasteiger partial charge in [-0.15, -0.1) is 11.6 Å². The molecule has 1 aliphatic heterocycles. The highest BCUT2D eigenvalue weighted by molar-refractivity contribution is 6.29. The fourth-order valence-electron chi connectivity index (χ4n) is 1.93. The summed E-state index contributed by atoms with van der Waals surface area (Å²) in [6, 6.07) is 7.97. The van der Waals surface area contributed by atoms with E-state index in [4.69, 9.17) is 25.5 Å². The Kier molecular flexibility index (Phi) is 3.73. The van der Waals surface area contributed by atoms with E-state index in [1.807, 2.05) is 0 Å². The summed E-state index contributed by atoms with van der Waals surface area (Å²) < 4.78 is 15.7. The zero-order valence-corrected chi connectivity index (χ0v) is 12.3. The molecule has 3 rings (SSSR count). The minimum atomic E-state index is -0.759. The second-order valence-electron chi connectivity index (χ2n) is 4.65. The quantitative estimate of drug-likeness (QED) is 0.375. The molecule has 22 heavy (non-hydrogen) atoms. The Bertz CT molecular complexity index is 759. The maximum absolute atomic E-state index is 12.2. The van der Waals surface area contributed by atoms with E-state index in [0.29, 0.717) is 17.1 Å². The van der Waals surface area contributed by atoms with Crippen LogP contribution < -0.4 is 9.47 Å². The predicted molar refractivity (Wildman–Crippen MR) is 79.0 cm³/mol. The molecule has 0 saturated heterocycles. The SMILES string of the molecule is CC(Cl)C(=O)Oc1ccc2c(c1)O/C(=C\c1ccco1)C2=O.